The summed E-state index contributed by atoms with van der Waals surface area (Å²) in [4.78, 5) is 15.2. The summed E-state index contributed by atoms with van der Waals surface area (Å²) in [5.41, 5.74) is 4.33. The highest BCUT2D eigenvalue weighted by molar-refractivity contribution is 5.75. The van der Waals surface area contributed by atoms with Crippen LogP contribution >= 0.6 is 0 Å². The van der Waals surface area contributed by atoms with Gasteiger partial charge in [-0.15, -0.1) is 0 Å². The lowest BCUT2D eigenvalue weighted by atomic mass is 9.86. The molecule has 25 heavy (non-hydrogen) atoms. The van der Waals surface area contributed by atoms with Gasteiger partial charge in [0.15, 0.2) is 5.82 Å². The molecular formula is C19H21N5O. The van der Waals surface area contributed by atoms with E-state index in [0.29, 0.717) is 0 Å². The number of anilines is 2. The molecule has 0 saturated carbocycles. The van der Waals surface area contributed by atoms with Gasteiger partial charge in [-0.3, -0.25) is 14.9 Å². The standard InChI is InChI=1S/C19H21N5O/c1-12-7-13(5-6-20-12)15-8-16-14(9-21-15)19(2,3)18(25)24(16)17-10-23(4)11-22-17/h5-11,18,25H,1-4H3. The molecule has 1 unspecified atom stereocenters. The first-order valence-corrected chi connectivity index (χ1v) is 8.27. The zero-order chi connectivity index (χ0) is 17.8. The predicted octanol–water partition coefficient (Wildman–Crippen LogP) is 2.93. The Morgan fingerprint density at radius 2 is 1.96 bits per heavy atom. The molecule has 0 aliphatic carbocycles. The quantitative estimate of drug-likeness (QED) is 0.780. The van der Waals surface area contributed by atoms with Gasteiger partial charge in [-0.2, -0.15) is 0 Å². The smallest absolute Gasteiger partial charge is 0.153 e. The van der Waals surface area contributed by atoms with Gasteiger partial charge in [-0.25, -0.2) is 4.98 Å². The number of nitrogens with zero attached hydrogens (tertiary/aromatic N) is 5. The van der Waals surface area contributed by atoms with Crippen LogP contribution in [-0.2, 0) is 12.5 Å². The van der Waals surface area contributed by atoms with E-state index in [2.05, 4.69) is 15.0 Å². The minimum Gasteiger partial charge on any atom is -0.372 e. The average Bonchev–Trinajstić information content (AvgIpc) is 3.08. The van der Waals surface area contributed by atoms with E-state index in [9.17, 15) is 5.11 Å². The summed E-state index contributed by atoms with van der Waals surface area (Å²) < 4.78 is 1.88. The molecule has 0 fully saturated rings. The number of hydrogen-bond donors (Lipinski definition) is 1. The SMILES string of the molecule is Cc1cc(-c2cc3c(cn2)C(C)(C)C(O)N3c2cn(C)cn2)ccn1. The monoisotopic (exact) mass is 335 g/mol. The molecule has 1 N–H and O–H groups in total. The Balaban J connectivity index is 1.88. The summed E-state index contributed by atoms with van der Waals surface area (Å²) in [6.45, 7) is 6.01. The number of rotatable bonds is 2. The van der Waals surface area contributed by atoms with Gasteiger partial charge < -0.3 is 9.67 Å². The Kier molecular flexibility index (Phi) is 3.40. The van der Waals surface area contributed by atoms with Crippen molar-refractivity contribution in [2.75, 3.05) is 4.90 Å². The van der Waals surface area contributed by atoms with Crippen molar-refractivity contribution < 1.29 is 5.11 Å². The van der Waals surface area contributed by atoms with Gasteiger partial charge in [0.25, 0.3) is 0 Å². The molecule has 1 atom stereocenters. The number of aliphatic hydroxyl groups is 1. The fourth-order valence-corrected chi connectivity index (χ4v) is 3.37. The van der Waals surface area contributed by atoms with Crippen LogP contribution < -0.4 is 4.90 Å². The second kappa shape index (κ2) is 5.39. The van der Waals surface area contributed by atoms with Crippen molar-refractivity contribution in [1.82, 2.24) is 19.5 Å². The van der Waals surface area contributed by atoms with Gasteiger partial charge in [0, 0.05) is 47.9 Å². The van der Waals surface area contributed by atoms with Crippen molar-refractivity contribution in [3.8, 4) is 11.3 Å². The van der Waals surface area contributed by atoms with Crippen LogP contribution in [0.2, 0.25) is 0 Å². The van der Waals surface area contributed by atoms with E-state index in [4.69, 9.17) is 0 Å². The Bertz CT molecular complexity index is 946. The van der Waals surface area contributed by atoms with Crippen LogP contribution in [0.4, 0.5) is 11.5 Å². The van der Waals surface area contributed by atoms with Crippen LogP contribution in [0.15, 0.2) is 43.1 Å². The van der Waals surface area contributed by atoms with E-state index < -0.39 is 11.6 Å². The first-order valence-electron chi connectivity index (χ1n) is 8.27. The number of fused-ring (bicyclic) bond motifs is 1. The van der Waals surface area contributed by atoms with Crippen LogP contribution in [0.5, 0.6) is 0 Å². The van der Waals surface area contributed by atoms with E-state index >= 15 is 0 Å². The maximum atomic E-state index is 10.9. The van der Waals surface area contributed by atoms with Crippen LogP contribution in [0.3, 0.4) is 0 Å². The molecule has 0 spiro atoms. The van der Waals surface area contributed by atoms with Gasteiger partial charge in [-0.1, -0.05) is 13.8 Å². The topological polar surface area (TPSA) is 67.1 Å². The number of hydrogen-bond acceptors (Lipinski definition) is 5. The van der Waals surface area contributed by atoms with Crippen molar-refractivity contribution in [3.05, 3.63) is 54.4 Å². The molecule has 4 rings (SSSR count). The molecule has 1 aliphatic rings. The molecule has 0 saturated heterocycles. The number of pyridine rings is 2. The summed E-state index contributed by atoms with van der Waals surface area (Å²) >= 11 is 0. The molecule has 0 amide bonds. The zero-order valence-corrected chi connectivity index (χ0v) is 14.8. The van der Waals surface area contributed by atoms with E-state index in [1.54, 1.807) is 12.5 Å². The van der Waals surface area contributed by atoms with E-state index in [1.165, 1.54) is 0 Å². The number of aliphatic hydroxyl groups excluding tert-OH is 1. The van der Waals surface area contributed by atoms with Crippen molar-refractivity contribution in [3.63, 3.8) is 0 Å². The summed E-state index contributed by atoms with van der Waals surface area (Å²) in [7, 11) is 1.92. The molecule has 1 aliphatic heterocycles. The minimum atomic E-state index is -0.700. The molecule has 0 radical (unpaired) electrons. The lowest BCUT2D eigenvalue weighted by Crippen LogP contribution is -2.38. The molecular weight excluding hydrogens is 314 g/mol. The summed E-state index contributed by atoms with van der Waals surface area (Å²) in [5, 5.41) is 10.9. The van der Waals surface area contributed by atoms with Gasteiger partial charge in [0.2, 0.25) is 0 Å². The normalized spacial score (nSPS) is 18.4. The Hall–Kier alpha value is -2.73. The van der Waals surface area contributed by atoms with Crippen molar-refractivity contribution in [1.29, 1.82) is 0 Å². The molecule has 3 aromatic rings. The molecule has 4 heterocycles. The zero-order valence-electron chi connectivity index (χ0n) is 14.8. The molecule has 0 aromatic carbocycles. The van der Waals surface area contributed by atoms with Gasteiger partial charge >= 0.3 is 0 Å². The Morgan fingerprint density at radius 1 is 1.16 bits per heavy atom. The Morgan fingerprint density at radius 3 is 2.64 bits per heavy atom. The van der Waals surface area contributed by atoms with E-state index in [-0.39, 0.29) is 0 Å². The highest BCUT2D eigenvalue weighted by Gasteiger charge is 2.45. The maximum absolute atomic E-state index is 10.9. The first-order chi connectivity index (χ1) is 11.9. The Labute approximate surface area is 146 Å². The largest absolute Gasteiger partial charge is 0.372 e. The lowest BCUT2D eigenvalue weighted by Gasteiger charge is -2.28. The third-order valence-electron chi connectivity index (χ3n) is 4.86. The molecule has 128 valence electrons. The molecule has 6 nitrogen and oxygen atoms in total. The first kappa shape index (κ1) is 15.8. The van der Waals surface area contributed by atoms with E-state index in [1.807, 2.05) is 67.9 Å². The second-order valence-electron chi connectivity index (χ2n) is 7.14. The summed E-state index contributed by atoms with van der Waals surface area (Å²) in [6, 6.07) is 5.98. The van der Waals surface area contributed by atoms with Gasteiger partial charge in [-0.05, 0) is 25.1 Å². The summed E-state index contributed by atoms with van der Waals surface area (Å²) in [5.74, 6) is 0.727. The van der Waals surface area contributed by atoms with Crippen molar-refractivity contribution >= 4 is 11.5 Å². The van der Waals surface area contributed by atoms with Crippen LogP contribution in [0, 0.1) is 6.92 Å². The number of aromatic nitrogens is 4. The predicted molar refractivity (Wildman–Crippen MR) is 96.6 cm³/mol. The second-order valence-corrected chi connectivity index (χ2v) is 7.14. The average molecular weight is 335 g/mol. The van der Waals surface area contributed by atoms with Gasteiger partial charge in [0.1, 0.15) is 6.23 Å². The van der Waals surface area contributed by atoms with E-state index in [0.717, 1.165) is 34.0 Å². The minimum absolute atomic E-state index is 0.438. The fourth-order valence-electron chi connectivity index (χ4n) is 3.37. The maximum Gasteiger partial charge on any atom is 0.153 e. The highest BCUT2D eigenvalue weighted by atomic mass is 16.3. The number of imidazole rings is 1. The molecule has 3 aromatic heterocycles. The van der Waals surface area contributed by atoms with Crippen LogP contribution in [-0.4, -0.2) is 30.9 Å². The molecule has 0 bridgehead atoms. The summed E-state index contributed by atoms with van der Waals surface area (Å²) in [6.07, 6.45) is 6.60. The van der Waals surface area contributed by atoms with Crippen LogP contribution in [0.1, 0.15) is 25.1 Å². The third-order valence-corrected chi connectivity index (χ3v) is 4.86. The lowest BCUT2D eigenvalue weighted by molar-refractivity contribution is 0.118. The van der Waals surface area contributed by atoms with Crippen molar-refractivity contribution in [2.45, 2.75) is 32.4 Å². The number of aryl methyl sites for hydroxylation is 2. The third kappa shape index (κ3) is 2.41. The van der Waals surface area contributed by atoms with Crippen molar-refractivity contribution in [2.24, 2.45) is 7.05 Å². The van der Waals surface area contributed by atoms with Crippen LogP contribution in [0.25, 0.3) is 11.3 Å². The highest BCUT2D eigenvalue weighted by Crippen LogP contribution is 2.47. The fraction of sp³-hybridized carbons (Fsp3) is 0.316. The molecule has 6 heteroatoms. The van der Waals surface area contributed by atoms with Gasteiger partial charge in [0.05, 0.1) is 17.7 Å².